The predicted octanol–water partition coefficient (Wildman–Crippen LogP) is 6.40. The number of carbonyl (C=O) groups is 2. The normalized spacial score (nSPS) is 12.0. The van der Waals surface area contributed by atoms with Crippen LogP contribution in [-0.4, -0.2) is 50.5 Å². The number of hydrogen-bond donors (Lipinski definition) is 1. The van der Waals surface area contributed by atoms with E-state index in [0.29, 0.717) is 34.3 Å². The van der Waals surface area contributed by atoms with Gasteiger partial charge in [-0.3, -0.25) is 13.9 Å². The van der Waals surface area contributed by atoms with Crippen molar-refractivity contribution in [3.63, 3.8) is 0 Å². The number of benzene rings is 3. The molecule has 0 bridgehead atoms. The first-order valence-corrected chi connectivity index (χ1v) is 16.7. The van der Waals surface area contributed by atoms with Gasteiger partial charge in [0.05, 0.1) is 11.9 Å². The summed E-state index contributed by atoms with van der Waals surface area (Å²) in [6, 6.07) is 21.1. The molecule has 0 radical (unpaired) electrons. The number of halogens is 2. The molecule has 0 aliphatic carbocycles. The number of unbranched alkanes of at least 4 members (excludes halogenated alkanes) is 1. The molecule has 0 aliphatic rings. The Hall–Kier alpha value is -3.07. The summed E-state index contributed by atoms with van der Waals surface area (Å²) in [5.41, 5.74) is 2.89. The third-order valence-electron chi connectivity index (χ3n) is 7.03. The zero-order valence-corrected chi connectivity index (χ0v) is 26.7. The number of sulfonamides is 1. The molecule has 42 heavy (non-hydrogen) atoms. The molecule has 2 amide bonds. The van der Waals surface area contributed by atoms with Gasteiger partial charge >= 0.3 is 0 Å². The van der Waals surface area contributed by atoms with Crippen molar-refractivity contribution in [1.29, 1.82) is 0 Å². The Morgan fingerprint density at radius 1 is 0.905 bits per heavy atom. The summed E-state index contributed by atoms with van der Waals surface area (Å²) in [6.07, 6.45) is 3.55. The fourth-order valence-electron chi connectivity index (χ4n) is 4.70. The molecule has 0 aromatic heterocycles. The van der Waals surface area contributed by atoms with Gasteiger partial charge in [-0.2, -0.15) is 0 Å². The smallest absolute Gasteiger partial charge is 0.243 e. The van der Waals surface area contributed by atoms with Crippen molar-refractivity contribution in [3.05, 3.63) is 99.5 Å². The summed E-state index contributed by atoms with van der Waals surface area (Å²) in [5, 5.41) is 4.05. The predicted molar refractivity (Wildman–Crippen MR) is 171 cm³/mol. The van der Waals surface area contributed by atoms with Crippen molar-refractivity contribution in [2.45, 2.75) is 58.5 Å². The van der Waals surface area contributed by atoms with E-state index in [1.54, 1.807) is 42.2 Å². The van der Waals surface area contributed by atoms with E-state index in [2.05, 4.69) is 12.2 Å². The lowest BCUT2D eigenvalue weighted by atomic mass is 10.0. The van der Waals surface area contributed by atoms with Gasteiger partial charge in [0.2, 0.25) is 21.8 Å². The largest absolute Gasteiger partial charge is 0.354 e. The molecule has 1 N–H and O–H groups in total. The highest BCUT2D eigenvalue weighted by Crippen LogP contribution is 2.28. The van der Waals surface area contributed by atoms with Gasteiger partial charge in [-0.25, -0.2) is 8.42 Å². The van der Waals surface area contributed by atoms with Crippen LogP contribution in [0.3, 0.4) is 0 Å². The molecule has 7 nitrogen and oxygen atoms in total. The molecule has 3 rings (SSSR count). The number of anilines is 1. The van der Waals surface area contributed by atoms with Gasteiger partial charge in [0.15, 0.2) is 0 Å². The molecule has 0 spiro atoms. The van der Waals surface area contributed by atoms with E-state index >= 15 is 0 Å². The third-order valence-corrected chi connectivity index (χ3v) is 8.87. The lowest BCUT2D eigenvalue weighted by Gasteiger charge is -2.32. The minimum atomic E-state index is -3.64. The van der Waals surface area contributed by atoms with Crippen LogP contribution in [0.2, 0.25) is 10.0 Å². The summed E-state index contributed by atoms with van der Waals surface area (Å²) in [5.74, 6) is -0.463. The number of rotatable bonds is 15. The molecule has 0 saturated carbocycles. The van der Waals surface area contributed by atoms with Crippen LogP contribution in [-0.2, 0) is 32.6 Å². The molecule has 10 heteroatoms. The molecule has 0 unspecified atom stereocenters. The lowest BCUT2D eigenvalue weighted by molar-refractivity contribution is -0.141. The van der Waals surface area contributed by atoms with Crippen LogP contribution >= 0.6 is 23.2 Å². The van der Waals surface area contributed by atoms with Gasteiger partial charge in [-0.1, -0.05) is 85.1 Å². The van der Waals surface area contributed by atoms with Crippen molar-refractivity contribution in [1.82, 2.24) is 10.2 Å². The maximum Gasteiger partial charge on any atom is 0.243 e. The number of nitrogens with one attached hydrogen (secondary N) is 1. The quantitative estimate of drug-likeness (QED) is 0.197. The number of amides is 2. The first-order valence-electron chi connectivity index (χ1n) is 14.1. The van der Waals surface area contributed by atoms with Crippen LogP contribution in [0.4, 0.5) is 5.69 Å². The highest BCUT2D eigenvalue weighted by atomic mass is 35.5. The van der Waals surface area contributed by atoms with Crippen LogP contribution in [0.25, 0.3) is 0 Å². The first kappa shape index (κ1) is 33.4. The highest BCUT2D eigenvalue weighted by molar-refractivity contribution is 7.92. The maximum atomic E-state index is 13.9. The molecule has 3 aromatic carbocycles. The third kappa shape index (κ3) is 9.75. The summed E-state index contributed by atoms with van der Waals surface area (Å²) in [6.45, 7) is 4.63. The molecule has 3 aromatic rings. The second-order valence-electron chi connectivity index (χ2n) is 10.3. The van der Waals surface area contributed by atoms with E-state index in [1.807, 2.05) is 42.5 Å². The summed E-state index contributed by atoms with van der Waals surface area (Å²) < 4.78 is 26.7. The van der Waals surface area contributed by atoms with E-state index in [1.165, 1.54) is 4.31 Å². The van der Waals surface area contributed by atoms with Crippen molar-refractivity contribution in [3.8, 4) is 0 Å². The molecule has 226 valence electrons. The molecular formula is C32H39Cl2N3O4S. The molecule has 1 atom stereocenters. The average molecular weight is 633 g/mol. The second-order valence-corrected chi connectivity index (χ2v) is 13.1. The van der Waals surface area contributed by atoms with Crippen LogP contribution in [0.1, 0.15) is 49.3 Å². The number of carbonyl (C=O) groups excluding carboxylic acids is 2. The fourth-order valence-corrected chi connectivity index (χ4v) is 6.01. The van der Waals surface area contributed by atoms with Gasteiger partial charge in [-0.15, -0.1) is 0 Å². The average Bonchev–Trinajstić information content (AvgIpc) is 2.95. The van der Waals surface area contributed by atoms with Crippen LogP contribution < -0.4 is 9.62 Å². The fraction of sp³-hybridized carbons (Fsp3) is 0.375. The van der Waals surface area contributed by atoms with Gasteiger partial charge in [0.25, 0.3) is 0 Å². The minimum absolute atomic E-state index is 0.0484. The Morgan fingerprint density at radius 2 is 1.60 bits per heavy atom. The first-order chi connectivity index (χ1) is 20.0. The second kappa shape index (κ2) is 16.0. The SMILES string of the molecule is CCCCNC(=O)[C@H](Cc1ccccc1)N(Cc1ccc(Cl)cc1)C(=O)CCCN(c1cccc(Cl)c1C)S(C)(=O)=O. The molecular weight excluding hydrogens is 593 g/mol. The van der Waals surface area contributed by atoms with E-state index < -0.39 is 16.1 Å². The van der Waals surface area contributed by atoms with E-state index in [0.717, 1.165) is 30.2 Å². The molecule has 0 heterocycles. The topological polar surface area (TPSA) is 86.8 Å². The molecule has 0 saturated heterocycles. The monoisotopic (exact) mass is 631 g/mol. The Bertz CT molecular complexity index is 1430. The van der Waals surface area contributed by atoms with Crippen LogP contribution in [0, 0.1) is 6.92 Å². The number of hydrogen-bond acceptors (Lipinski definition) is 4. The van der Waals surface area contributed by atoms with Gasteiger partial charge in [-0.05, 0) is 60.7 Å². The van der Waals surface area contributed by atoms with E-state index in [4.69, 9.17) is 23.2 Å². The summed E-state index contributed by atoms with van der Waals surface area (Å²) in [7, 11) is -3.64. The Balaban J connectivity index is 1.88. The van der Waals surface area contributed by atoms with E-state index in [-0.39, 0.29) is 37.7 Å². The minimum Gasteiger partial charge on any atom is -0.354 e. The maximum absolute atomic E-state index is 13.9. The molecule has 0 aliphatic heterocycles. The van der Waals surface area contributed by atoms with Gasteiger partial charge in [0, 0.05) is 42.5 Å². The van der Waals surface area contributed by atoms with Gasteiger partial charge in [0.1, 0.15) is 6.04 Å². The van der Waals surface area contributed by atoms with Crippen molar-refractivity contribution in [2.75, 3.05) is 23.7 Å². The summed E-state index contributed by atoms with van der Waals surface area (Å²) in [4.78, 5) is 29.1. The Labute approximate surface area is 259 Å². The lowest BCUT2D eigenvalue weighted by Crippen LogP contribution is -2.50. The van der Waals surface area contributed by atoms with Crippen molar-refractivity contribution < 1.29 is 18.0 Å². The highest BCUT2D eigenvalue weighted by Gasteiger charge is 2.30. The number of nitrogens with zero attached hydrogens (tertiary/aromatic N) is 2. The van der Waals surface area contributed by atoms with Crippen LogP contribution in [0.5, 0.6) is 0 Å². The van der Waals surface area contributed by atoms with E-state index in [9.17, 15) is 18.0 Å². The Morgan fingerprint density at radius 3 is 2.24 bits per heavy atom. The van der Waals surface area contributed by atoms with Crippen molar-refractivity contribution in [2.24, 2.45) is 0 Å². The zero-order chi connectivity index (χ0) is 30.7. The van der Waals surface area contributed by atoms with Crippen LogP contribution in [0.15, 0.2) is 72.8 Å². The van der Waals surface area contributed by atoms with Gasteiger partial charge < -0.3 is 10.2 Å². The summed E-state index contributed by atoms with van der Waals surface area (Å²) >= 11 is 12.4. The van der Waals surface area contributed by atoms with Crippen molar-refractivity contribution >= 4 is 50.7 Å². The zero-order valence-electron chi connectivity index (χ0n) is 24.4. The molecule has 0 fully saturated rings. The Kier molecular flexibility index (Phi) is 12.7. The standard InChI is InChI=1S/C32H39Cl2N3O4S/c1-4-5-20-35-32(39)30(22-25-11-7-6-8-12-25)36(23-26-16-18-27(33)19-17-26)31(38)15-10-21-37(42(3,40)41)29-14-9-13-28(34)24(29)2/h6-9,11-14,16-19,30H,4-5,10,15,20-23H2,1-3H3,(H,35,39)/t30-/m0/s1.